The van der Waals surface area contributed by atoms with Gasteiger partial charge in [0.05, 0.1) is 16.6 Å². The summed E-state index contributed by atoms with van der Waals surface area (Å²) >= 11 is 0. The minimum Gasteiger partial charge on any atom is -0.487 e. The van der Waals surface area contributed by atoms with Gasteiger partial charge in [0.1, 0.15) is 23.8 Å². The van der Waals surface area contributed by atoms with Crippen molar-refractivity contribution in [2.45, 2.75) is 36.9 Å². The third kappa shape index (κ3) is 3.79. The molecule has 0 fully saturated rings. The first kappa shape index (κ1) is 16.1. The van der Waals surface area contributed by atoms with Gasteiger partial charge in [-0.1, -0.05) is 17.7 Å². The van der Waals surface area contributed by atoms with Crippen molar-refractivity contribution in [3.05, 3.63) is 59.4 Å². The highest BCUT2D eigenvalue weighted by Crippen LogP contribution is 2.29. The van der Waals surface area contributed by atoms with E-state index < -0.39 is 23.0 Å². The first-order valence-corrected chi connectivity index (χ1v) is 8.93. The lowest BCUT2D eigenvalue weighted by molar-refractivity contribution is 0.0380. The summed E-state index contributed by atoms with van der Waals surface area (Å²) in [5, 5.41) is 10.3. The summed E-state index contributed by atoms with van der Waals surface area (Å²) in [6.07, 6.45) is -0.00738. The summed E-state index contributed by atoms with van der Waals surface area (Å²) in [4.78, 5) is 0.702. The van der Waals surface area contributed by atoms with E-state index >= 15 is 0 Å². The fourth-order valence-electron chi connectivity index (χ4n) is 2.70. The van der Waals surface area contributed by atoms with Gasteiger partial charge in [-0.25, -0.2) is 4.39 Å². The molecule has 0 radical (unpaired) electrons. The lowest BCUT2D eigenvalue weighted by atomic mass is 9.99. The minimum atomic E-state index is -1.27. The van der Waals surface area contributed by atoms with Crippen molar-refractivity contribution in [3.63, 3.8) is 0 Å². The molecule has 0 saturated heterocycles. The van der Waals surface area contributed by atoms with Crippen molar-refractivity contribution in [1.82, 2.24) is 0 Å². The Bertz CT molecular complexity index is 715. The van der Waals surface area contributed by atoms with Crippen LogP contribution in [-0.2, 0) is 17.2 Å². The Morgan fingerprint density at radius 1 is 1.30 bits per heavy atom. The van der Waals surface area contributed by atoms with Crippen molar-refractivity contribution in [1.29, 1.82) is 0 Å². The van der Waals surface area contributed by atoms with Crippen LogP contribution < -0.4 is 4.74 Å². The summed E-state index contributed by atoms with van der Waals surface area (Å²) < 4.78 is 31.3. The summed E-state index contributed by atoms with van der Waals surface area (Å²) in [6.45, 7) is 1.97. The van der Waals surface area contributed by atoms with Crippen LogP contribution in [0.15, 0.2) is 47.4 Å². The quantitative estimate of drug-likeness (QED) is 0.935. The normalized spacial score (nSPS) is 19.5. The third-order valence-corrected chi connectivity index (χ3v) is 5.48. The van der Waals surface area contributed by atoms with Crippen molar-refractivity contribution < 1.29 is 18.4 Å². The number of halogens is 1. The molecule has 0 bridgehead atoms. The van der Waals surface area contributed by atoms with E-state index in [1.165, 1.54) is 12.1 Å². The highest BCUT2D eigenvalue weighted by molar-refractivity contribution is 7.85. The van der Waals surface area contributed by atoms with E-state index in [0.29, 0.717) is 23.5 Å². The molecular weight excluding hydrogens is 315 g/mol. The van der Waals surface area contributed by atoms with E-state index in [1.54, 1.807) is 6.07 Å². The predicted octanol–water partition coefficient (Wildman–Crippen LogP) is 3.00. The van der Waals surface area contributed by atoms with Gasteiger partial charge in [-0.15, -0.1) is 0 Å². The molecule has 3 atom stereocenters. The number of aliphatic hydroxyl groups excluding tert-OH is 1. The van der Waals surface area contributed by atoms with E-state index in [-0.39, 0.29) is 11.6 Å². The van der Waals surface area contributed by atoms with Crippen LogP contribution in [0, 0.1) is 12.7 Å². The molecule has 0 spiro atoms. The summed E-state index contributed by atoms with van der Waals surface area (Å²) in [6, 6.07) is 11.8. The van der Waals surface area contributed by atoms with E-state index in [9.17, 15) is 13.7 Å². The average Bonchev–Trinajstić information content (AvgIpc) is 2.54. The van der Waals surface area contributed by atoms with Gasteiger partial charge >= 0.3 is 0 Å². The first-order valence-electron chi connectivity index (χ1n) is 7.61. The fourth-order valence-corrected chi connectivity index (χ4v) is 3.85. The maximum atomic E-state index is 13.2. The molecule has 2 aromatic rings. The Balaban J connectivity index is 1.65. The maximum absolute atomic E-state index is 13.2. The standard InChI is InChI=1S/C18H19FO3S/c1-12-2-6-15(7-3-12)23(21)11-16(20)18-8-4-13-10-14(19)5-9-17(13)22-18/h2-3,5-7,9-10,16,18,20H,4,8,11H2,1H3/t16-,18+,23+/m1/s1. The molecule has 2 aromatic carbocycles. The van der Waals surface area contributed by atoms with Crippen molar-refractivity contribution in [2.24, 2.45) is 0 Å². The minimum absolute atomic E-state index is 0.129. The topological polar surface area (TPSA) is 46.5 Å². The van der Waals surface area contributed by atoms with Crippen LogP contribution in [0.25, 0.3) is 0 Å². The molecule has 1 aliphatic rings. The zero-order chi connectivity index (χ0) is 16.4. The maximum Gasteiger partial charge on any atom is 0.126 e. The van der Waals surface area contributed by atoms with Gasteiger partial charge in [-0.05, 0) is 55.7 Å². The van der Waals surface area contributed by atoms with Crippen LogP contribution in [-0.4, -0.2) is 27.3 Å². The molecular formula is C18H19FO3S. The Labute approximate surface area is 137 Å². The highest BCUT2D eigenvalue weighted by Gasteiger charge is 2.28. The van der Waals surface area contributed by atoms with Crippen molar-refractivity contribution in [3.8, 4) is 5.75 Å². The number of ether oxygens (including phenoxy) is 1. The third-order valence-electron chi connectivity index (χ3n) is 4.03. The molecule has 23 heavy (non-hydrogen) atoms. The number of benzene rings is 2. The summed E-state index contributed by atoms with van der Waals surface area (Å²) in [5.41, 5.74) is 1.92. The van der Waals surface area contributed by atoms with Crippen molar-refractivity contribution >= 4 is 10.8 Å². The van der Waals surface area contributed by atoms with Crippen LogP contribution in [0.3, 0.4) is 0 Å². The molecule has 1 N–H and O–H groups in total. The Hall–Kier alpha value is -1.72. The number of aliphatic hydroxyl groups is 1. The van der Waals surface area contributed by atoms with Crippen LogP contribution in [0.4, 0.5) is 4.39 Å². The smallest absolute Gasteiger partial charge is 0.126 e. The second-order valence-corrected chi connectivity index (χ2v) is 7.34. The van der Waals surface area contributed by atoms with E-state index in [2.05, 4.69) is 0 Å². The zero-order valence-electron chi connectivity index (χ0n) is 12.9. The van der Waals surface area contributed by atoms with Gasteiger partial charge in [0, 0.05) is 4.90 Å². The van der Waals surface area contributed by atoms with Crippen LogP contribution >= 0.6 is 0 Å². The molecule has 1 heterocycles. The molecule has 0 saturated carbocycles. The van der Waals surface area contributed by atoms with Gasteiger partial charge in [0.25, 0.3) is 0 Å². The number of rotatable bonds is 4. The number of aryl methyl sites for hydroxylation is 2. The fraction of sp³-hybridized carbons (Fsp3) is 0.333. The molecule has 3 rings (SSSR count). The Morgan fingerprint density at radius 2 is 2.04 bits per heavy atom. The average molecular weight is 334 g/mol. The molecule has 0 aliphatic carbocycles. The van der Waals surface area contributed by atoms with Crippen LogP contribution in [0.1, 0.15) is 17.5 Å². The largest absolute Gasteiger partial charge is 0.487 e. The second kappa shape index (κ2) is 6.81. The van der Waals surface area contributed by atoms with Gasteiger partial charge in [-0.2, -0.15) is 0 Å². The molecule has 1 aliphatic heterocycles. The second-order valence-electron chi connectivity index (χ2n) is 5.84. The van der Waals surface area contributed by atoms with Gasteiger partial charge in [0.15, 0.2) is 0 Å². The Morgan fingerprint density at radius 3 is 2.78 bits per heavy atom. The SMILES string of the molecule is Cc1ccc([S@@](=O)C[C@@H](O)[C@@H]2CCc3cc(F)ccc3O2)cc1. The van der Waals surface area contributed by atoms with E-state index in [4.69, 9.17) is 4.74 Å². The predicted molar refractivity (Wildman–Crippen MR) is 87.6 cm³/mol. The van der Waals surface area contributed by atoms with E-state index in [0.717, 1.165) is 11.1 Å². The molecule has 5 heteroatoms. The molecule has 0 unspecified atom stereocenters. The van der Waals surface area contributed by atoms with Crippen LogP contribution in [0.2, 0.25) is 0 Å². The van der Waals surface area contributed by atoms with Gasteiger partial charge in [-0.3, -0.25) is 4.21 Å². The van der Waals surface area contributed by atoms with Gasteiger partial charge < -0.3 is 9.84 Å². The molecule has 0 aromatic heterocycles. The Kier molecular flexibility index (Phi) is 4.78. The van der Waals surface area contributed by atoms with Crippen molar-refractivity contribution in [2.75, 3.05) is 5.75 Å². The number of hydrogen-bond donors (Lipinski definition) is 1. The van der Waals surface area contributed by atoms with Crippen LogP contribution in [0.5, 0.6) is 5.75 Å². The highest BCUT2D eigenvalue weighted by atomic mass is 32.2. The molecule has 0 amide bonds. The van der Waals surface area contributed by atoms with E-state index in [1.807, 2.05) is 31.2 Å². The van der Waals surface area contributed by atoms with Gasteiger partial charge in [0.2, 0.25) is 0 Å². The molecule has 122 valence electrons. The number of fused-ring (bicyclic) bond motifs is 1. The first-order chi connectivity index (χ1) is 11.0. The summed E-state index contributed by atoms with van der Waals surface area (Å²) in [5.74, 6) is 0.444. The number of hydrogen-bond acceptors (Lipinski definition) is 3. The summed E-state index contributed by atoms with van der Waals surface area (Å²) in [7, 11) is -1.27. The molecule has 3 nitrogen and oxygen atoms in total. The zero-order valence-corrected chi connectivity index (χ0v) is 13.7. The monoisotopic (exact) mass is 334 g/mol. The lowest BCUT2D eigenvalue weighted by Gasteiger charge is -2.29. The lowest BCUT2D eigenvalue weighted by Crippen LogP contribution is -2.38.